The second-order valence-electron chi connectivity index (χ2n) is 9.44. The summed E-state index contributed by atoms with van der Waals surface area (Å²) in [5.41, 5.74) is 0.644. The molecule has 2 bridgehead atoms. The lowest BCUT2D eigenvalue weighted by Crippen LogP contribution is -2.55. The minimum atomic E-state index is -4.21. The second kappa shape index (κ2) is 13.3. The summed E-state index contributed by atoms with van der Waals surface area (Å²) < 4.78 is 47.5. The van der Waals surface area contributed by atoms with Gasteiger partial charge in [0.25, 0.3) is 0 Å². The zero-order chi connectivity index (χ0) is 27.7. The first-order valence-corrected chi connectivity index (χ1v) is 13.8. The fraction of sp³-hybridized carbons (Fsp3) is 0.370. The summed E-state index contributed by atoms with van der Waals surface area (Å²) in [5, 5.41) is 5.30. The molecule has 2 aliphatic rings. The van der Waals surface area contributed by atoms with Crippen molar-refractivity contribution >= 4 is 28.1 Å². The SMILES string of the molecule is CC(C)C[C@@H]1NC(=O)[C@@H](NS(=O)(=O)c2ccc(F)cc2)Cc2ccc(cc2)OCC=CC[C@@H](C=O)NC1=O. The molecule has 2 aromatic rings. The highest BCUT2D eigenvalue weighted by Crippen LogP contribution is 2.17. The van der Waals surface area contributed by atoms with Crippen LogP contribution in [-0.4, -0.2) is 51.3 Å². The summed E-state index contributed by atoms with van der Waals surface area (Å²) in [5.74, 6) is -1.30. The lowest BCUT2D eigenvalue weighted by atomic mass is 10.0. The van der Waals surface area contributed by atoms with E-state index in [-0.39, 0.29) is 36.7 Å². The van der Waals surface area contributed by atoms with Gasteiger partial charge in [-0.2, -0.15) is 4.72 Å². The van der Waals surface area contributed by atoms with Crippen LogP contribution in [0.3, 0.4) is 0 Å². The fourth-order valence-electron chi connectivity index (χ4n) is 3.88. The maximum atomic E-state index is 13.4. The Morgan fingerprint density at radius 2 is 1.71 bits per heavy atom. The summed E-state index contributed by atoms with van der Waals surface area (Å²) in [6.45, 7) is 3.99. The van der Waals surface area contributed by atoms with Crippen molar-refractivity contribution in [1.82, 2.24) is 15.4 Å². The van der Waals surface area contributed by atoms with Crippen LogP contribution in [0, 0.1) is 11.7 Å². The topological polar surface area (TPSA) is 131 Å². The first kappa shape index (κ1) is 29.0. The van der Waals surface area contributed by atoms with E-state index < -0.39 is 45.8 Å². The van der Waals surface area contributed by atoms with Crippen LogP contribution in [0.15, 0.2) is 65.6 Å². The molecule has 9 nitrogen and oxygen atoms in total. The quantitative estimate of drug-likeness (QED) is 0.377. The van der Waals surface area contributed by atoms with Crippen LogP contribution in [0.1, 0.15) is 32.3 Å². The molecule has 0 unspecified atom stereocenters. The molecule has 2 amide bonds. The molecule has 2 aliphatic heterocycles. The highest BCUT2D eigenvalue weighted by molar-refractivity contribution is 7.89. The van der Waals surface area contributed by atoms with E-state index in [1.807, 2.05) is 13.8 Å². The van der Waals surface area contributed by atoms with Gasteiger partial charge < -0.3 is 20.2 Å². The van der Waals surface area contributed by atoms with Gasteiger partial charge >= 0.3 is 0 Å². The Kier molecular flexibility index (Phi) is 10.1. The van der Waals surface area contributed by atoms with Crippen LogP contribution in [0.4, 0.5) is 4.39 Å². The van der Waals surface area contributed by atoms with Crippen molar-refractivity contribution in [3.8, 4) is 5.75 Å². The number of rotatable bonds is 6. The molecule has 0 aliphatic carbocycles. The second-order valence-corrected chi connectivity index (χ2v) is 11.1. The van der Waals surface area contributed by atoms with E-state index >= 15 is 0 Å². The van der Waals surface area contributed by atoms with Crippen molar-refractivity contribution in [2.24, 2.45) is 5.92 Å². The average Bonchev–Trinajstić information content (AvgIpc) is 2.87. The molecule has 0 fully saturated rings. The molecule has 4 rings (SSSR count). The zero-order valence-electron chi connectivity index (χ0n) is 21.2. The van der Waals surface area contributed by atoms with Gasteiger partial charge in [-0.3, -0.25) is 9.59 Å². The standard InChI is InChI=1S/C27H32FN3O6S/c1-18(2)15-24-26(33)29-21(17-32)5-3-4-14-37-22-10-6-19(7-11-22)16-25(27(34)30-24)31-38(35,36)23-12-8-20(28)9-13-23/h3-4,6-13,17-18,21,24-25,31H,5,14-16H2,1-2H3,(H,29,33)(H,30,34)/t21-,24-,25-/m0/s1. The zero-order valence-corrected chi connectivity index (χ0v) is 22.0. The van der Waals surface area contributed by atoms with Gasteiger partial charge in [0.15, 0.2) is 0 Å². The number of fused-ring (bicyclic) bond motifs is 13. The molecule has 0 radical (unpaired) electrons. The van der Waals surface area contributed by atoms with Crippen LogP contribution in [0.25, 0.3) is 0 Å². The van der Waals surface area contributed by atoms with Crippen molar-refractivity contribution in [1.29, 1.82) is 0 Å². The fourth-order valence-corrected chi connectivity index (χ4v) is 5.07. The minimum Gasteiger partial charge on any atom is -0.490 e. The monoisotopic (exact) mass is 545 g/mol. The maximum absolute atomic E-state index is 13.4. The first-order chi connectivity index (χ1) is 18.1. The Morgan fingerprint density at radius 3 is 2.34 bits per heavy atom. The number of halogens is 1. The molecule has 0 aromatic heterocycles. The molecule has 2 heterocycles. The predicted octanol–water partition coefficient (Wildman–Crippen LogP) is 2.27. The highest BCUT2D eigenvalue weighted by Gasteiger charge is 2.31. The summed E-state index contributed by atoms with van der Waals surface area (Å²) in [4.78, 5) is 37.8. The van der Waals surface area contributed by atoms with E-state index in [2.05, 4.69) is 15.4 Å². The van der Waals surface area contributed by atoms with Gasteiger partial charge in [0.2, 0.25) is 21.8 Å². The van der Waals surface area contributed by atoms with Gasteiger partial charge in [-0.05, 0) is 67.1 Å². The molecule has 0 saturated carbocycles. The number of nitrogens with one attached hydrogen (secondary N) is 3. The van der Waals surface area contributed by atoms with Crippen molar-refractivity contribution in [3.63, 3.8) is 0 Å². The van der Waals surface area contributed by atoms with E-state index in [4.69, 9.17) is 4.74 Å². The van der Waals surface area contributed by atoms with Crippen LogP contribution in [0.2, 0.25) is 0 Å². The summed E-state index contributed by atoms with van der Waals surface area (Å²) in [7, 11) is -4.21. The third kappa shape index (κ3) is 8.49. The van der Waals surface area contributed by atoms with Gasteiger partial charge in [-0.25, -0.2) is 12.8 Å². The number of amides is 2. The van der Waals surface area contributed by atoms with Gasteiger partial charge in [-0.1, -0.05) is 38.1 Å². The molecule has 3 N–H and O–H groups in total. The lowest BCUT2D eigenvalue weighted by molar-refractivity contribution is -0.131. The Labute approximate surface area is 221 Å². The number of hydrogen-bond donors (Lipinski definition) is 3. The number of benzene rings is 2. The predicted molar refractivity (Wildman–Crippen MR) is 139 cm³/mol. The van der Waals surface area contributed by atoms with Gasteiger partial charge in [0.05, 0.1) is 10.9 Å². The normalized spacial score (nSPS) is 21.3. The molecule has 2 aromatic carbocycles. The number of carbonyl (C=O) groups excluding carboxylic acids is 3. The third-order valence-corrected chi connectivity index (χ3v) is 7.32. The molecular weight excluding hydrogens is 513 g/mol. The summed E-state index contributed by atoms with van der Waals surface area (Å²) >= 11 is 0. The molecule has 38 heavy (non-hydrogen) atoms. The van der Waals surface area contributed by atoms with E-state index in [9.17, 15) is 27.2 Å². The smallest absolute Gasteiger partial charge is 0.243 e. The van der Waals surface area contributed by atoms with Gasteiger partial charge in [-0.15, -0.1) is 0 Å². The average molecular weight is 546 g/mol. The van der Waals surface area contributed by atoms with Gasteiger partial charge in [0.1, 0.15) is 36.5 Å². The molecule has 3 atom stereocenters. The van der Waals surface area contributed by atoms with Crippen LogP contribution >= 0.6 is 0 Å². The Bertz CT molecular complexity index is 1250. The van der Waals surface area contributed by atoms with Crippen LogP contribution in [-0.2, 0) is 30.8 Å². The Morgan fingerprint density at radius 1 is 1.03 bits per heavy atom. The maximum Gasteiger partial charge on any atom is 0.243 e. The van der Waals surface area contributed by atoms with E-state index in [1.54, 1.807) is 36.4 Å². The number of ether oxygens (including phenoxy) is 1. The molecular formula is C27H32FN3O6S. The van der Waals surface area contributed by atoms with Gasteiger partial charge in [0, 0.05) is 0 Å². The van der Waals surface area contributed by atoms with E-state index in [0.717, 1.165) is 24.3 Å². The highest BCUT2D eigenvalue weighted by atomic mass is 32.2. The lowest BCUT2D eigenvalue weighted by Gasteiger charge is -2.25. The van der Waals surface area contributed by atoms with E-state index in [1.165, 1.54) is 0 Å². The number of aldehydes is 1. The summed E-state index contributed by atoms with van der Waals surface area (Å²) in [6, 6.07) is 7.93. The Balaban J connectivity index is 1.95. The van der Waals surface area contributed by atoms with Crippen LogP contribution in [0.5, 0.6) is 5.75 Å². The molecule has 0 saturated heterocycles. The molecule has 0 spiro atoms. The summed E-state index contributed by atoms with van der Waals surface area (Å²) in [6.07, 6.45) is 4.55. The van der Waals surface area contributed by atoms with Crippen molar-refractivity contribution in [2.75, 3.05) is 6.61 Å². The Hall–Kier alpha value is -3.57. The number of hydrogen-bond acceptors (Lipinski definition) is 6. The first-order valence-electron chi connectivity index (χ1n) is 12.3. The van der Waals surface area contributed by atoms with Crippen molar-refractivity contribution in [2.45, 2.75) is 56.1 Å². The van der Waals surface area contributed by atoms with Crippen molar-refractivity contribution < 1.29 is 31.9 Å². The van der Waals surface area contributed by atoms with Crippen molar-refractivity contribution in [3.05, 3.63) is 72.1 Å². The number of sulfonamides is 1. The van der Waals surface area contributed by atoms with Crippen LogP contribution < -0.4 is 20.1 Å². The molecule has 11 heteroatoms. The van der Waals surface area contributed by atoms with E-state index in [0.29, 0.717) is 17.6 Å². The minimum absolute atomic E-state index is 0.00813. The number of carbonyl (C=O) groups is 3. The third-order valence-electron chi connectivity index (χ3n) is 5.84. The largest absolute Gasteiger partial charge is 0.490 e. The molecule has 204 valence electrons.